The molecule has 0 atom stereocenters. The van der Waals surface area contributed by atoms with Gasteiger partial charge in [-0.05, 0) is 48.7 Å². The van der Waals surface area contributed by atoms with Crippen LogP contribution in [-0.4, -0.2) is 10.9 Å². The molecular formula is C17H13ClN2O3. The number of benzene rings is 2. The maximum absolute atomic E-state index is 12.7. The average molecular weight is 329 g/mol. The molecule has 0 bridgehead atoms. The molecular weight excluding hydrogens is 316 g/mol. The zero-order chi connectivity index (χ0) is 16.0. The van der Waals surface area contributed by atoms with Crippen molar-refractivity contribution in [1.29, 1.82) is 0 Å². The first-order chi connectivity index (χ1) is 11.1. The number of aromatic amines is 1. The number of hydrogen-bond acceptors (Lipinski definition) is 3. The monoisotopic (exact) mass is 328 g/mol. The van der Waals surface area contributed by atoms with E-state index in [-0.39, 0.29) is 5.91 Å². The Morgan fingerprint density at radius 1 is 1.22 bits per heavy atom. The second kappa shape index (κ2) is 4.99. The van der Waals surface area contributed by atoms with Crippen LogP contribution in [0.2, 0.25) is 5.02 Å². The van der Waals surface area contributed by atoms with E-state index < -0.39 is 11.2 Å². The molecule has 3 aromatic rings. The van der Waals surface area contributed by atoms with E-state index in [1.54, 1.807) is 24.3 Å². The van der Waals surface area contributed by atoms with Crippen molar-refractivity contribution in [3.63, 3.8) is 0 Å². The Kier molecular flexibility index (Phi) is 3.06. The lowest BCUT2D eigenvalue weighted by Gasteiger charge is -2.16. The highest BCUT2D eigenvalue weighted by atomic mass is 35.5. The molecule has 0 unspecified atom stereocenters. The van der Waals surface area contributed by atoms with Crippen LogP contribution in [0.15, 0.2) is 51.7 Å². The standard InChI is InChI=1S/C17H13ClN2O3/c18-11-3-1-2-10(8-11)17(6-7-17)15(21)19-12-4-5-14-13(9-12)20-16(22)23-14/h1-5,8-9H,6-7H2,(H,19,21)(H,20,22). The number of anilines is 1. The summed E-state index contributed by atoms with van der Waals surface area (Å²) >= 11 is 6.04. The molecule has 5 nitrogen and oxygen atoms in total. The number of H-pyrrole nitrogens is 1. The van der Waals surface area contributed by atoms with Crippen molar-refractivity contribution in [2.24, 2.45) is 0 Å². The van der Waals surface area contributed by atoms with Crippen molar-refractivity contribution >= 4 is 34.3 Å². The largest absolute Gasteiger partial charge is 0.417 e. The molecule has 116 valence electrons. The van der Waals surface area contributed by atoms with Crippen LogP contribution < -0.4 is 11.1 Å². The molecule has 0 saturated heterocycles. The highest BCUT2D eigenvalue weighted by molar-refractivity contribution is 6.30. The lowest BCUT2D eigenvalue weighted by Crippen LogP contribution is -2.27. The topological polar surface area (TPSA) is 75.1 Å². The van der Waals surface area contributed by atoms with Gasteiger partial charge in [-0.1, -0.05) is 23.7 Å². The van der Waals surface area contributed by atoms with Crippen molar-refractivity contribution in [1.82, 2.24) is 4.98 Å². The number of oxazole rings is 1. The van der Waals surface area contributed by atoms with E-state index in [9.17, 15) is 9.59 Å². The summed E-state index contributed by atoms with van der Waals surface area (Å²) < 4.78 is 4.95. The SMILES string of the molecule is O=C(Nc1ccc2oc(=O)[nH]c2c1)C1(c2cccc(Cl)c2)CC1. The van der Waals surface area contributed by atoms with Crippen LogP contribution in [0.25, 0.3) is 11.1 Å². The summed E-state index contributed by atoms with van der Waals surface area (Å²) in [6.45, 7) is 0. The van der Waals surface area contributed by atoms with Crippen LogP contribution in [0, 0.1) is 0 Å². The minimum absolute atomic E-state index is 0.0649. The summed E-state index contributed by atoms with van der Waals surface area (Å²) in [6, 6.07) is 12.5. The second-order valence-corrected chi connectivity index (χ2v) is 6.21. The Hall–Kier alpha value is -2.53. The van der Waals surface area contributed by atoms with Crippen LogP contribution in [0.5, 0.6) is 0 Å². The van der Waals surface area contributed by atoms with Crippen LogP contribution in [0.1, 0.15) is 18.4 Å². The van der Waals surface area contributed by atoms with Gasteiger partial charge in [0.25, 0.3) is 0 Å². The average Bonchev–Trinajstić information content (AvgIpc) is 3.24. The van der Waals surface area contributed by atoms with Gasteiger partial charge in [0.15, 0.2) is 5.58 Å². The molecule has 2 aromatic carbocycles. The first-order valence-corrected chi connectivity index (χ1v) is 7.65. The number of amides is 1. The number of rotatable bonds is 3. The van der Waals surface area contributed by atoms with Crippen LogP contribution in [0.3, 0.4) is 0 Å². The molecule has 0 spiro atoms. The van der Waals surface area contributed by atoms with Gasteiger partial charge in [-0.2, -0.15) is 0 Å². The molecule has 4 rings (SSSR count). The quantitative estimate of drug-likeness (QED) is 0.773. The zero-order valence-electron chi connectivity index (χ0n) is 12.1. The molecule has 0 radical (unpaired) electrons. The van der Waals surface area contributed by atoms with Gasteiger partial charge in [-0.25, -0.2) is 4.79 Å². The van der Waals surface area contributed by atoms with Crippen LogP contribution in [-0.2, 0) is 10.2 Å². The fraction of sp³-hybridized carbons (Fsp3) is 0.176. The first-order valence-electron chi connectivity index (χ1n) is 7.27. The zero-order valence-corrected chi connectivity index (χ0v) is 12.8. The normalized spacial score (nSPS) is 15.5. The summed E-state index contributed by atoms with van der Waals surface area (Å²) in [4.78, 5) is 26.5. The molecule has 2 N–H and O–H groups in total. The lowest BCUT2D eigenvalue weighted by atomic mass is 9.95. The number of carbonyl (C=O) groups excluding carboxylic acids is 1. The minimum atomic E-state index is -0.513. The van der Waals surface area contributed by atoms with Crippen LogP contribution in [0.4, 0.5) is 5.69 Å². The van der Waals surface area contributed by atoms with Gasteiger partial charge in [0, 0.05) is 10.7 Å². The maximum atomic E-state index is 12.7. The van der Waals surface area contributed by atoms with E-state index >= 15 is 0 Å². The fourth-order valence-electron chi connectivity index (χ4n) is 2.84. The predicted octanol–water partition coefficient (Wildman–Crippen LogP) is 3.44. The summed E-state index contributed by atoms with van der Waals surface area (Å²) in [6.07, 6.45) is 1.59. The molecule has 1 amide bonds. The Morgan fingerprint density at radius 2 is 2.04 bits per heavy atom. The third-order valence-electron chi connectivity index (χ3n) is 4.24. The molecule has 23 heavy (non-hydrogen) atoms. The van der Waals surface area contributed by atoms with E-state index in [0.29, 0.717) is 21.8 Å². The van der Waals surface area contributed by atoms with Gasteiger partial charge < -0.3 is 9.73 Å². The van der Waals surface area contributed by atoms with E-state index in [2.05, 4.69) is 10.3 Å². The van der Waals surface area contributed by atoms with Gasteiger partial charge in [-0.15, -0.1) is 0 Å². The Bertz CT molecular complexity index is 969. The van der Waals surface area contributed by atoms with Gasteiger partial charge in [0.1, 0.15) is 0 Å². The minimum Gasteiger partial charge on any atom is -0.408 e. The van der Waals surface area contributed by atoms with Gasteiger partial charge in [-0.3, -0.25) is 9.78 Å². The van der Waals surface area contributed by atoms with E-state index in [0.717, 1.165) is 18.4 Å². The predicted molar refractivity (Wildman–Crippen MR) is 87.8 cm³/mol. The van der Waals surface area contributed by atoms with Crippen molar-refractivity contribution in [2.45, 2.75) is 18.3 Å². The maximum Gasteiger partial charge on any atom is 0.417 e. The number of fused-ring (bicyclic) bond motifs is 1. The van der Waals surface area contributed by atoms with E-state index in [1.165, 1.54) is 0 Å². The summed E-state index contributed by atoms with van der Waals surface area (Å²) in [7, 11) is 0. The van der Waals surface area contributed by atoms with Crippen molar-refractivity contribution in [3.05, 3.63) is 63.6 Å². The third-order valence-corrected chi connectivity index (χ3v) is 4.47. The van der Waals surface area contributed by atoms with E-state index in [4.69, 9.17) is 16.0 Å². The molecule has 1 aliphatic rings. The Labute approximate surface area is 136 Å². The molecule has 1 heterocycles. The van der Waals surface area contributed by atoms with Gasteiger partial charge in [0.2, 0.25) is 5.91 Å². The molecule has 1 saturated carbocycles. The molecule has 1 aliphatic carbocycles. The van der Waals surface area contributed by atoms with Crippen molar-refractivity contribution < 1.29 is 9.21 Å². The number of carbonyl (C=O) groups is 1. The summed E-state index contributed by atoms with van der Waals surface area (Å²) in [5.41, 5.74) is 2.06. The van der Waals surface area contributed by atoms with Crippen molar-refractivity contribution in [2.75, 3.05) is 5.32 Å². The van der Waals surface area contributed by atoms with E-state index in [1.807, 2.05) is 18.2 Å². The summed E-state index contributed by atoms with van der Waals surface area (Å²) in [5, 5.41) is 3.54. The molecule has 1 aromatic heterocycles. The Balaban J connectivity index is 1.62. The first kappa shape index (κ1) is 14.1. The Morgan fingerprint density at radius 3 is 2.78 bits per heavy atom. The number of aromatic nitrogens is 1. The lowest BCUT2D eigenvalue weighted by molar-refractivity contribution is -0.118. The van der Waals surface area contributed by atoms with Gasteiger partial charge in [0.05, 0.1) is 10.9 Å². The molecule has 0 aliphatic heterocycles. The van der Waals surface area contributed by atoms with Gasteiger partial charge >= 0.3 is 5.76 Å². The second-order valence-electron chi connectivity index (χ2n) is 5.77. The summed E-state index contributed by atoms with van der Waals surface area (Å²) in [5.74, 6) is -0.578. The molecule has 6 heteroatoms. The van der Waals surface area contributed by atoms with Crippen LogP contribution >= 0.6 is 11.6 Å². The molecule has 1 fully saturated rings. The highest BCUT2D eigenvalue weighted by Gasteiger charge is 2.51. The number of hydrogen-bond donors (Lipinski definition) is 2. The smallest absolute Gasteiger partial charge is 0.408 e. The fourth-order valence-corrected chi connectivity index (χ4v) is 3.03. The third kappa shape index (κ3) is 2.43. The highest BCUT2D eigenvalue weighted by Crippen LogP contribution is 2.49. The number of halogens is 1. The number of nitrogens with one attached hydrogen (secondary N) is 2. The van der Waals surface area contributed by atoms with Crippen molar-refractivity contribution in [3.8, 4) is 0 Å².